The van der Waals surface area contributed by atoms with E-state index in [0.29, 0.717) is 18.0 Å². The number of hydrogen-bond acceptors (Lipinski definition) is 4. The number of furan rings is 1. The Labute approximate surface area is 179 Å². The zero-order valence-corrected chi connectivity index (χ0v) is 18.2. The molecule has 1 aliphatic heterocycles. The minimum Gasteiger partial charge on any atom is -0.459 e. The Morgan fingerprint density at radius 1 is 1.39 bits per heavy atom. The van der Waals surface area contributed by atoms with Crippen LogP contribution in [0.2, 0.25) is 0 Å². The number of rotatable bonds is 3. The van der Waals surface area contributed by atoms with Crippen molar-refractivity contribution < 1.29 is 8.81 Å². The Balaban J connectivity index is 0.00000225. The Kier molecular flexibility index (Phi) is 6.53. The third-order valence-corrected chi connectivity index (χ3v) is 5.23. The van der Waals surface area contributed by atoms with Crippen LogP contribution >= 0.6 is 24.0 Å². The summed E-state index contributed by atoms with van der Waals surface area (Å²) in [7, 11) is 1.78. The Bertz CT molecular complexity index is 947. The first-order valence-electron chi connectivity index (χ1n) is 9.14. The number of likely N-dealkylation sites (tertiary alicyclic amines) is 1. The molecule has 0 bridgehead atoms. The molecule has 0 amide bonds. The van der Waals surface area contributed by atoms with Gasteiger partial charge in [-0.25, -0.2) is 9.37 Å². The fraction of sp³-hybridized carbons (Fsp3) is 0.421. The number of aliphatic imine (C=N–C) groups is 1. The molecule has 1 saturated heterocycles. The van der Waals surface area contributed by atoms with Gasteiger partial charge < -0.3 is 14.6 Å². The molecule has 0 saturated carbocycles. The number of H-pyrrole nitrogens is 1. The molecular weight excluding hydrogens is 474 g/mol. The van der Waals surface area contributed by atoms with Crippen LogP contribution in [0.1, 0.15) is 35.9 Å². The van der Waals surface area contributed by atoms with E-state index in [0.717, 1.165) is 54.4 Å². The normalized spacial score (nSPS) is 15.7. The number of piperidine rings is 1. The molecule has 0 aliphatic carbocycles. The molecule has 0 spiro atoms. The number of nitrogens with one attached hydrogen (secondary N) is 2. The number of aromatic amines is 1. The lowest BCUT2D eigenvalue weighted by molar-refractivity contribution is 0.298. The number of fused-ring (bicyclic) bond motifs is 1. The van der Waals surface area contributed by atoms with Crippen molar-refractivity contribution in [1.29, 1.82) is 0 Å². The zero-order valence-electron chi connectivity index (χ0n) is 15.9. The predicted octanol–water partition coefficient (Wildman–Crippen LogP) is 3.57. The summed E-state index contributed by atoms with van der Waals surface area (Å²) < 4.78 is 19.4. The van der Waals surface area contributed by atoms with Gasteiger partial charge in [0.15, 0.2) is 5.96 Å². The third kappa shape index (κ3) is 4.13. The number of hydrogen-bond donors (Lipinski definition) is 2. The van der Waals surface area contributed by atoms with Gasteiger partial charge in [-0.05, 0) is 38.0 Å². The van der Waals surface area contributed by atoms with Gasteiger partial charge in [-0.2, -0.15) is 5.10 Å². The van der Waals surface area contributed by atoms with Crippen molar-refractivity contribution in [3.05, 3.63) is 47.5 Å². The smallest absolute Gasteiger partial charge is 0.194 e. The van der Waals surface area contributed by atoms with Gasteiger partial charge >= 0.3 is 0 Å². The molecule has 3 heterocycles. The molecule has 0 atom stereocenters. The first-order chi connectivity index (χ1) is 13.2. The van der Waals surface area contributed by atoms with Crippen LogP contribution < -0.4 is 5.32 Å². The molecule has 9 heteroatoms. The highest BCUT2D eigenvalue weighted by Gasteiger charge is 2.24. The average Bonchev–Trinajstić information content (AvgIpc) is 3.32. The molecule has 3 aromatic rings. The largest absolute Gasteiger partial charge is 0.459 e. The third-order valence-electron chi connectivity index (χ3n) is 5.23. The summed E-state index contributed by atoms with van der Waals surface area (Å²) in [6.07, 6.45) is 3.56. The summed E-state index contributed by atoms with van der Waals surface area (Å²) in [5.74, 6) is 2.76. The molecule has 1 fully saturated rings. The van der Waals surface area contributed by atoms with Gasteiger partial charge in [0, 0.05) is 37.0 Å². The molecule has 7 nitrogen and oxygen atoms in total. The summed E-state index contributed by atoms with van der Waals surface area (Å²) in [5, 5.41) is 11.1. The Hall–Kier alpha value is -2.17. The number of aryl methyl sites for hydroxylation is 1. The van der Waals surface area contributed by atoms with Gasteiger partial charge in [0.2, 0.25) is 0 Å². The second-order valence-electron chi connectivity index (χ2n) is 6.82. The molecule has 1 aromatic carbocycles. The van der Waals surface area contributed by atoms with Crippen LogP contribution in [-0.4, -0.2) is 46.2 Å². The van der Waals surface area contributed by atoms with Crippen LogP contribution in [0.4, 0.5) is 4.39 Å². The second-order valence-corrected chi connectivity index (χ2v) is 6.82. The summed E-state index contributed by atoms with van der Waals surface area (Å²) in [6.45, 7) is 4.26. The summed E-state index contributed by atoms with van der Waals surface area (Å²) in [4.78, 5) is 10.9. The fourth-order valence-corrected chi connectivity index (χ4v) is 3.68. The highest BCUT2D eigenvalue weighted by Crippen LogP contribution is 2.27. The van der Waals surface area contributed by atoms with E-state index < -0.39 is 0 Å². The van der Waals surface area contributed by atoms with Crippen molar-refractivity contribution in [3.8, 4) is 0 Å². The second kappa shape index (κ2) is 8.89. The first-order valence-corrected chi connectivity index (χ1v) is 9.14. The molecule has 2 N–H and O–H groups in total. The van der Waals surface area contributed by atoms with Crippen LogP contribution in [0.5, 0.6) is 0 Å². The Morgan fingerprint density at radius 3 is 2.86 bits per heavy atom. The van der Waals surface area contributed by atoms with E-state index in [-0.39, 0.29) is 29.8 Å². The van der Waals surface area contributed by atoms with Crippen LogP contribution in [0.25, 0.3) is 11.0 Å². The molecular formula is C19H24FIN6O. The van der Waals surface area contributed by atoms with Crippen molar-refractivity contribution in [2.45, 2.75) is 32.2 Å². The summed E-state index contributed by atoms with van der Waals surface area (Å²) in [6, 6.07) is 4.60. The number of aromatic nitrogens is 3. The summed E-state index contributed by atoms with van der Waals surface area (Å²) in [5.41, 5.74) is 1.66. The van der Waals surface area contributed by atoms with E-state index >= 15 is 0 Å². The van der Waals surface area contributed by atoms with E-state index in [1.165, 1.54) is 12.1 Å². The quantitative estimate of drug-likeness (QED) is 0.328. The topological polar surface area (TPSA) is 82.3 Å². The highest BCUT2D eigenvalue weighted by atomic mass is 127. The SMILES string of the molecule is CN=C(NCc1oc2ccc(F)cc2c1C)N1CCC(c2ncn[nH]2)CC1.I. The Morgan fingerprint density at radius 2 is 2.18 bits per heavy atom. The zero-order chi connectivity index (χ0) is 18.8. The van der Waals surface area contributed by atoms with Gasteiger partial charge in [-0.3, -0.25) is 10.1 Å². The van der Waals surface area contributed by atoms with Crippen molar-refractivity contribution in [2.75, 3.05) is 20.1 Å². The monoisotopic (exact) mass is 498 g/mol. The lowest BCUT2D eigenvalue weighted by Crippen LogP contribution is -2.45. The maximum Gasteiger partial charge on any atom is 0.194 e. The van der Waals surface area contributed by atoms with E-state index in [4.69, 9.17) is 4.42 Å². The van der Waals surface area contributed by atoms with Crippen LogP contribution in [0.15, 0.2) is 33.9 Å². The number of halogens is 2. The van der Waals surface area contributed by atoms with Gasteiger partial charge in [-0.15, -0.1) is 24.0 Å². The van der Waals surface area contributed by atoms with Gasteiger partial charge in [0.25, 0.3) is 0 Å². The molecule has 4 rings (SSSR count). The van der Waals surface area contributed by atoms with E-state index in [1.807, 2.05) is 6.92 Å². The highest BCUT2D eigenvalue weighted by molar-refractivity contribution is 14.0. The molecule has 2 aromatic heterocycles. The lowest BCUT2D eigenvalue weighted by Gasteiger charge is -2.33. The van der Waals surface area contributed by atoms with E-state index in [9.17, 15) is 4.39 Å². The van der Waals surface area contributed by atoms with Gasteiger partial charge in [-0.1, -0.05) is 0 Å². The molecule has 28 heavy (non-hydrogen) atoms. The molecule has 0 radical (unpaired) electrons. The standard InChI is InChI=1S/C19H23FN6O.HI/c1-12-15-9-14(20)3-4-16(15)27-17(12)10-22-19(21-2)26-7-5-13(6-8-26)18-23-11-24-25-18;/h3-4,9,11,13H,5-8,10H2,1-2H3,(H,21,22)(H,23,24,25);1H. The van der Waals surface area contributed by atoms with Crippen molar-refractivity contribution >= 4 is 40.9 Å². The minimum atomic E-state index is -0.253. The molecule has 150 valence electrons. The minimum absolute atomic E-state index is 0. The maximum atomic E-state index is 13.5. The number of nitrogens with zero attached hydrogens (tertiary/aromatic N) is 4. The van der Waals surface area contributed by atoms with E-state index in [2.05, 4.69) is 30.4 Å². The lowest BCUT2D eigenvalue weighted by atomic mass is 9.96. The van der Waals surface area contributed by atoms with Crippen molar-refractivity contribution in [3.63, 3.8) is 0 Å². The van der Waals surface area contributed by atoms with Crippen LogP contribution in [0.3, 0.4) is 0 Å². The first kappa shape index (κ1) is 20.6. The number of benzene rings is 1. The van der Waals surface area contributed by atoms with Crippen molar-refractivity contribution in [1.82, 2.24) is 25.4 Å². The fourth-order valence-electron chi connectivity index (χ4n) is 3.68. The van der Waals surface area contributed by atoms with Gasteiger partial charge in [0.05, 0.1) is 6.54 Å². The van der Waals surface area contributed by atoms with Crippen LogP contribution in [-0.2, 0) is 6.54 Å². The maximum absolute atomic E-state index is 13.5. The molecule has 0 unspecified atom stereocenters. The van der Waals surface area contributed by atoms with Crippen molar-refractivity contribution in [2.24, 2.45) is 4.99 Å². The van der Waals surface area contributed by atoms with E-state index in [1.54, 1.807) is 19.4 Å². The van der Waals surface area contributed by atoms with Gasteiger partial charge in [0.1, 0.15) is 29.3 Å². The van der Waals surface area contributed by atoms with Crippen LogP contribution in [0, 0.1) is 12.7 Å². The predicted molar refractivity (Wildman–Crippen MR) is 116 cm³/mol. The summed E-state index contributed by atoms with van der Waals surface area (Å²) >= 11 is 0. The average molecular weight is 498 g/mol. The number of guanidine groups is 1. The molecule has 1 aliphatic rings.